The topological polar surface area (TPSA) is 30.5 Å². The van der Waals surface area contributed by atoms with Crippen LogP contribution < -0.4 is 5.32 Å². The first-order chi connectivity index (χ1) is 3.50. The summed E-state index contributed by atoms with van der Waals surface area (Å²) >= 11 is 0. The summed E-state index contributed by atoms with van der Waals surface area (Å²) in [6.07, 6.45) is 1.04. The van der Waals surface area contributed by atoms with E-state index in [0.29, 0.717) is 13.3 Å². The van der Waals surface area contributed by atoms with Gasteiger partial charge in [0.2, 0.25) is 0 Å². The van der Waals surface area contributed by atoms with E-state index in [0.717, 1.165) is 13.0 Å². The van der Waals surface area contributed by atoms with E-state index in [1.54, 1.807) is 0 Å². The minimum absolute atomic E-state index is 0.528. The van der Waals surface area contributed by atoms with Crippen molar-refractivity contribution < 1.29 is 9.78 Å². The molecule has 1 rings (SSSR count). The van der Waals surface area contributed by atoms with Crippen LogP contribution >= 0.6 is 0 Å². The highest BCUT2D eigenvalue weighted by Gasteiger charge is 1.94. The second-order valence-electron chi connectivity index (χ2n) is 1.44. The smallest absolute Gasteiger partial charge is 0.133 e. The summed E-state index contributed by atoms with van der Waals surface area (Å²) in [6.45, 7) is 2.24. The van der Waals surface area contributed by atoms with E-state index in [2.05, 4.69) is 15.1 Å². The molecule has 1 N–H and O–H groups in total. The van der Waals surface area contributed by atoms with Crippen molar-refractivity contribution in [2.45, 2.75) is 6.42 Å². The lowest BCUT2D eigenvalue weighted by Crippen LogP contribution is -2.14. The largest absolute Gasteiger partial charge is 0.292 e. The van der Waals surface area contributed by atoms with Crippen LogP contribution in [0.3, 0.4) is 0 Å². The van der Waals surface area contributed by atoms with Crippen LogP contribution in [0.2, 0.25) is 0 Å². The fraction of sp³-hybridized carbons (Fsp3) is 1.00. The van der Waals surface area contributed by atoms with Crippen LogP contribution in [0.1, 0.15) is 6.42 Å². The van der Waals surface area contributed by atoms with Gasteiger partial charge < -0.3 is 0 Å². The number of hydrogen-bond donors (Lipinski definition) is 1. The van der Waals surface area contributed by atoms with Gasteiger partial charge in [0, 0.05) is 0 Å². The van der Waals surface area contributed by atoms with Crippen molar-refractivity contribution in [2.75, 3.05) is 19.9 Å². The maximum atomic E-state index is 4.63. The molecule has 3 heteroatoms. The molecule has 7 heavy (non-hydrogen) atoms. The first-order valence-electron chi connectivity index (χ1n) is 2.45. The molecule has 0 amide bonds. The van der Waals surface area contributed by atoms with Gasteiger partial charge in [-0.05, 0) is 13.0 Å². The standard InChI is InChI=1S/C4H9NO2/c1-2-5-4-7-6-3-1/h5H,1-4H2. The molecule has 3 nitrogen and oxygen atoms in total. The van der Waals surface area contributed by atoms with Gasteiger partial charge in [0.25, 0.3) is 0 Å². The maximum Gasteiger partial charge on any atom is 0.133 e. The molecule has 42 valence electrons. The molecule has 0 radical (unpaired) electrons. The lowest BCUT2D eigenvalue weighted by molar-refractivity contribution is -0.290. The van der Waals surface area contributed by atoms with E-state index < -0.39 is 0 Å². The molecule has 1 aliphatic heterocycles. The van der Waals surface area contributed by atoms with E-state index in [9.17, 15) is 0 Å². The van der Waals surface area contributed by atoms with Crippen molar-refractivity contribution in [3.8, 4) is 0 Å². The minimum atomic E-state index is 0.528. The average molecular weight is 103 g/mol. The molecule has 0 atom stereocenters. The van der Waals surface area contributed by atoms with E-state index in [-0.39, 0.29) is 0 Å². The molecule has 1 aliphatic rings. The Morgan fingerprint density at radius 2 is 2.29 bits per heavy atom. The number of rotatable bonds is 0. The second-order valence-corrected chi connectivity index (χ2v) is 1.44. The van der Waals surface area contributed by atoms with Gasteiger partial charge in [0.1, 0.15) is 6.73 Å². The summed E-state index contributed by atoms with van der Waals surface area (Å²) in [5.74, 6) is 0. The molecule has 0 unspecified atom stereocenters. The summed E-state index contributed by atoms with van der Waals surface area (Å²) < 4.78 is 0. The third kappa shape index (κ3) is 1.87. The molecular formula is C4H9NO2. The van der Waals surface area contributed by atoms with E-state index in [4.69, 9.17) is 0 Å². The Balaban J connectivity index is 2.04. The van der Waals surface area contributed by atoms with Gasteiger partial charge in [0.05, 0.1) is 6.61 Å². The Hall–Kier alpha value is -0.120. The predicted octanol–water partition coefficient (Wildman–Crippen LogP) is -0.115. The first-order valence-corrected chi connectivity index (χ1v) is 2.45. The van der Waals surface area contributed by atoms with Gasteiger partial charge in [-0.25, -0.2) is 9.78 Å². The molecular weight excluding hydrogens is 94.0 g/mol. The lowest BCUT2D eigenvalue weighted by atomic mass is 10.5. The Bertz CT molecular complexity index is 29.3. The summed E-state index contributed by atoms with van der Waals surface area (Å²) in [7, 11) is 0. The highest BCUT2D eigenvalue weighted by atomic mass is 17.2. The molecule has 1 saturated heterocycles. The molecule has 0 aromatic carbocycles. The monoisotopic (exact) mass is 103 g/mol. The summed E-state index contributed by atoms with van der Waals surface area (Å²) in [6, 6.07) is 0. The molecule has 1 heterocycles. The third-order valence-corrected chi connectivity index (χ3v) is 0.826. The van der Waals surface area contributed by atoms with E-state index >= 15 is 0 Å². The highest BCUT2D eigenvalue weighted by Crippen LogP contribution is 1.85. The average Bonchev–Trinajstić information content (AvgIpc) is 1.90. The summed E-state index contributed by atoms with van der Waals surface area (Å²) in [5, 5.41) is 3.00. The van der Waals surface area contributed by atoms with Gasteiger partial charge >= 0.3 is 0 Å². The fourth-order valence-corrected chi connectivity index (χ4v) is 0.471. The van der Waals surface area contributed by atoms with Crippen molar-refractivity contribution in [3.05, 3.63) is 0 Å². The van der Waals surface area contributed by atoms with Gasteiger partial charge in [-0.15, -0.1) is 0 Å². The van der Waals surface area contributed by atoms with Gasteiger partial charge in [0.15, 0.2) is 0 Å². The van der Waals surface area contributed by atoms with Crippen LogP contribution in [0, 0.1) is 0 Å². The van der Waals surface area contributed by atoms with Crippen molar-refractivity contribution >= 4 is 0 Å². The zero-order valence-corrected chi connectivity index (χ0v) is 4.14. The van der Waals surface area contributed by atoms with Gasteiger partial charge in [-0.2, -0.15) is 0 Å². The zero-order chi connectivity index (χ0) is 4.95. The normalized spacial score (nSPS) is 24.0. The van der Waals surface area contributed by atoms with Crippen LogP contribution in [0.15, 0.2) is 0 Å². The van der Waals surface area contributed by atoms with Crippen LogP contribution in [0.4, 0.5) is 0 Å². The zero-order valence-electron chi connectivity index (χ0n) is 4.14. The molecule has 0 aromatic rings. The summed E-state index contributed by atoms with van der Waals surface area (Å²) in [4.78, 5) is 9.22. The van der Waals surface area contributed by atoms with Crippen molar-refractivity contribution in [1.29, 1.82) is 0 Å². The molecule has 1 fully saturated rings. The van der Waals surface area contributed by atoms with Crippen LogP contribution in [0.25, 0.3) is 0 Å². The van der Waals surface area contributed by atoms with Crippen LogP contribution in [-0.4, -0.2) is 19.9 Å². The van der Waals surface area contributed by atoms with E-state index in [1.807, 2.05) is 0 Å². The van der Waals surface area contributed by atoms with Crippen molar-refractivity contribution in [3.63, 3.8) is 0 Å². The van der Waals surface area contributed by atoms with Gasteiger partial charge in [-0.1, -0.05) is 0 Å². The maximum absolute atomic E-state index is 4.63. The Labute approximate surface area is 42.5 Å². The van der Waals surface area contributed by atoms with E-state index in [1.165, 1.54) is 0 Å². The number of nitrogens with one attached hydrogen (secondary N) is 1. The fourth-order valence-electron chi connectivity index (χ4n) is 0.471. The molecule has 0 bridgehead atoms. The third-order valence-electron chi connectivity index (χ3n) is 0.826. The SMILES string of the molecule is C1CNCOOC1. The Kier molecular flexibility index (Phi) is 2.12. The molecule has 0 saturated carbocycles. The van der Waals surface area contributed by atoms with Crippen molar-refractivity contribution in [1.82, 2.24) is 5.32 Å². The molecule has 0 aromatic heterocycles. The Morgan fingerprint density at radius 1 is 1.29 bits per heavy atom. The number of hydrogen-bond acceptors (Lipinski definition) is 3. The molecule has 0 aliphatic carbocycles. The minimum Gasteiger partial charge on any atom is -0.292 e. The lowest BCUT2D eigenvalue weighted by Gasteiger charge is -1.92. The summed E-state index contributed by atoms with van der Waals surface area (Å²) in [5.41, 5.74) is 0. The predicted molar refractivity (Wildman–Crippen MR) is 24.5 cm³/mol. The second kappa shape index (κ2) is 2.96. The van der Waals surface area contributed by atoms with Crippen LogP contribution in [0.5, 0.6) is 0 Å². The quantitative estimate of drug-likeness (QED) is 0.434. The highest BCUT2D eigenvalue weighted by molar-refractivity contribution is 4.40. The molecule has 0 spiro atoms. The Morgan fingerprint density at radius 3 is 3.29 bits per heavy atom. The first kappa shape index (κ1) is 5.03. The van der Waals surface area contributed by atoms with Crippen molar-refractivity contribution in [2.24, 2.45) is 0 Å². The van der Waals surface area contributed by atoms with Gasteiger partial charge in [-0.3, -0.25) is 5.32 Å². The van der Waals surface area contributed by atoms with Crippen LogP contribution in [-0.2, 0) is 9.78 Å².